The normalized spacial score (nSPS) is 18.8. The lowest BCUT2D eigenvalue weighted by Gasteiger charge is -2.33. The van der Waals surface area contributed by atoms with Crippen molar-refractivity contribution in [1.82, 2.24) is 9.21 Å². The minimum Gasteiger partial charge on any atom is -0.378 e. The minimum absolute atomic E-state index is 0.0486. The van der Waals surface area contributed by atoms with Gasteiger partial charge in [0.25, 0.3) is 0 Å². The highest BCUT2D eigenvalue weighted by Crippen LogP contribution is 2.22. The first-order chi connectivity index (χ1) is 11.7. The Morgan fingerprint density at radius 3 is 2.40 bits per heavy atom. The summed E-state index contributed by atoms with van der Waals surface area (Å²) in [4.78, 5) is 16.7. The van der Waals surface area contributed by atoms with Gasteiger partial charge in [0.15, 0.2) is 0 Å². The van der Waals surface area contributed by atoms with Gasteiger partial charge >= 0.3 is 0 Å². The van der Waals surface area contributed by atoms with Crippen molar-refractivity contribution in [1.29, 1.82) is 0 Å². The van der Waals surface area contributed by atoms with E-state index in [2.05, 4.69) is 0 Å². The topological polar surface area (TPSA) is 60.9 Å². The standard InChI is InChI=1S/C18H29N3O3S/c1-5-20(13-15-8-10-17(11-9-15)19(2)3)18(22)16-7-6-12-21(14-16)25(4,23)24/h8-11,16H,5-7,12-14H2,1-4H3/t16-/m1/s1. The average Bonchev–Trinajstić information content (AvgIpc) is 2.59. The molecule has 1 saturated heterocycles. The summed E-state index contributed by atoms with van der Waals surface area (Å²) in [5, 5.41) is 0. The van der Waals surface area contributed by atoms with E-state index in [-0.39, 0.29) is 11.8 Å². The lowest BCUT2D eigenvalue weighted by atomic mass is 9.97. The maximum Gasteiger partial charge on any atom is 0.227 e. The van der Waals surface area contributed by atoms with Crippen LogP contribution in [0.25, 0.3) is 0 Å². The molecule has 0 aliphatic carbocycles. The van der Waals surface area contributed by atoms with Crippen LogP contribution in [0.1, 0.15) is 25.3 Å². The van der Waals surface area contributed by atoms with Crippen molar-refractivity contribution in [2.75, 3.05) is 44.9 Å². The molecule has 7 heteroatoms. The molecular weight excluding hydrogens is 338 g/mol. The van der Waals surface area contributed by atoms with Crippen LogP contribution in [0.3, 0.4) is 0 Å². The van der Waals surface area contributed by atoms with Crippen LogP contribution in [0.5, 0.6) is 0 Å². The smallest absolute Gasteiger partial charge is 0.227 e. The van der Waals surface area contributed by atoms with Crippen LogP contribution in [0.2, 0.25) is 0 Å². The Balaban J connectivity index is 2.05. The summed E-state index contributed by atoms with van der Waals surface area (Å²) < 4.78 is 25.0. The lowest BCUT2D eigenvalue weighted by molar-refractivity contribution is -0.137. The van der Waals surface area contributed by atoms with Crippen molar-refractivity contribution in [2.45, 2.75) is 26.3 Å². The van der Waals surface area contributed by atoms with Gasteiger partial charge in [0, 0.05) is 46.0 Å². The van der Waals surface area contributed by atoms with Gasteiger partial charge in [0.2, 0.25) is 15.9 Å². The van der Waals surface area contributed by atoms with Crippen LogP contribution in [-0.2, 0) is 21.4 Å². The third kappa shape index (κ3) is 5.19. The quantitative estimate of drug-likeness (QED) is 0.769. The van der Waals surface area contributed by atoms with E-state index in [1.54, 1.807) is 0 Å². The van der Waals surface area contributed by atoms with Gasteiger partial charge in [-0.15, -0.1) is 0 Å². The average molecular weight is 368 g/mol. The van der Waals surface area contributed by atoms with Crippen molar-refractivity contribution in [3.05, 3.63) is 29.8 Å². The van der Waals surface area contributed by atoms with Gasteiger partial charge in [-0.1, -0.05) is 12.1 Å². The number of piperidine rings is 1. The SMILES string of the molecule is CCN(Cc1ccc(N(C)C)cc1)C(=O)[C@@H]1CCCN(S(C)(=O)=O)C1. The first-order valence-corrected chi connectivity index (χ1v) is 10.6. The molecule has 0 unspecified atom stereocenters. The van der Waals surface area contributed by atoms with Crippen LogP contribution < -0.4 is 4.90 Å². The molecule has 0 saturated carbocycles. The van der Waals surface area contributed by atoms with Crippen LogP contribution in [0, 0.1) is 5.92 Å². The van der Waals surface area contributed by atoms with E-state index in [1.807, 2.05) is 55.1 Å². The molecule has 0 aromatic heterocycles. The Labute approximate surface area is 151 Å². The second kappa shape index (κ2) is 8.19. The molecular formula is C18H29N3O3S. The molecule has 6 nitrogen and oxygen atoms in total. The van der Waals surface area contributed by atoms with Crippen LogP contribution >= 0.6 is 0 Å². The molecule has 1 aromatic rings. The fourth-order valence-electron chi connectivity index (χ4n) is 3.17. The van der Waals surface area contributed by atoms with Gasteiger partial charge in [0.05, 0.1) is 12.2 Å². The number of nitrogens with zero attached hydrogens (tertiary/aromatic N) is 3. The van der Waals surface area contributed by atoms with E-state index >= 15 is 0 Å². The second-order valence-electron chi connectivity index (χ2n) is 6.87. The summed E-state index contributed by atoms with van der Waals surface area (Å²) in [6.45, 7) is 3.94. The zero-order chi connectivity index (χ0) is 18.6. The van der Waals surface area contributed by atoms with Crippen LogP contribution in [-0.4, -0.2) is 63.5 Å². The molecule has 0 radical (unpaired) electrons. The molecule has 1 atom stereocenters. The maximum atomic E-state index is 12.9. The highest BCUT2D eigenvalue weighted by atomic mass is 32.2. The zero-order valence-corrected chi connectivity index (χ0v) is 16.4. The predicted molar refractivity (Wildman–Crippen MR) is 101 cm³/mol. The number of benzene rings is 1. The van der Waals surface area contributed by atoms with Crippen molar-refractivity contribution < 1.29 is 13.2 Å². The monoisotopic (exact) mass is 367 g/mol. The lowest BCUT2D eigenvalue weighted by Crippen LogP contribution is -2.46. The number of carbonyl (C=O) groups is 1. The molecule has 1 aliphatic rings. The summed E-state index contributed by atoms with van der Waals surface area (Å²) in [5.74, 6) is -0.197. The van der Waals surface area contributed by atoms with Crippen molar-refractivity contribution in [2.24, 2.45) is 5.92 Å². The van der Waals surface area contributed by atoms with E-state index in [4.69, 9.17) is 0 Å². The fraction of sp³-hybridized carbons (Fsp3) is 0.611. The number of sulfonamides is 1. The number of carbonyl (C=O) groups excluding carboxylic acids is 1. The van der Waals surface area contributed by atoms with Gasteiger partial charge < -0.3 is 9.80 Å². The Kier molecular flexibility index (Phi) is 6.46. The van der Waals surface area contributed by atoms with Crippen molar-refractivity contribution >= 4 is 21.6 Å². The summed E-state index contributed by atoms with van der Waals surface area (Å²) in [7, 11) is 0.748. The largest absolute Gasteiger partial charge is 0.378 e. The summed E-state index contributed by atoms with van der Waals surface area (Å²) in [6, 6.07) is 8.16. The van der Waals surface area contributed by atoms with Crippen molar-refractivity contribution in [3.8, 4) is 0 Å². The predicted octanol–water partition coefficient (Wildman–Crippen LogP) is 1.77. The number of hydrogen-bond acceptors (Lipinski definition) is 4. The van der Waals surface area contributed by atoms with Crippen molar-refractivity contribution in [3.63, 3.8) is 0 Å². The van der Waals surface area contributed by atoms with E-state index in [1.165, 1.54) is 10.6 Å². The van der Waals surface area contributed by atoms with E-state index in [9.17, 15) is 13.2 Å². The maximum absolute atomic E-state index is 12.9. The van der Waals surface area contributed by atoms with E-state index in [0.717, 1.165) is 24.1 Å². The minimum atomic E-state index is -3.24. The molecule has 1 heterocycles. The van der Waals surface area contributed by atoms with E-state index in [0.29, 0.717) is 26.2 Å². The molecule has 0 bridgehead atoms. The first kappa shape index (κ1) is 19.7. The zero-order valence-electron chi connectivity index (χ0n) is 15.6. The van der Waals surface area contributed by atoms with Gasteiger partial charge in [0.1, 0.15) is 0 Å². The van der Waals surface area contributed by atoms with Gasteiger partial charge in [-0.05, 0) is 37.5 Å². The summed E-state index contributed by atoms with van der Waals surface area (Å²) in [5.41, 5.74) is 2.20. The molecule has 25 heavy (non-hydrogen) atoms. The highest BCUT2D eigenvalue weighted by Gasteiger charge is 2.32. The molecule has 0 spiro atoms. The Hall–Kier alpha value is -1.60. The molecule has 1 aromatic carbocycles. The molecule has 1 fully saturated rings. The molecule has 2 rings (SSSR count). The molecule has 0 N–H and O–H groups in total. The molecule has 1 aliphatic heterocycles. The third-order valence-electron chi connectivity index (χ3n) is 4.72. The Bertz CT molecular complexity index is 686. The van der Waals surface area contributed by atoms with Gasteiger partial charge in [-0.2, -0.15) is 0 Å². The fourth-order valence-corrected chi connectivity index (χ4v) is 4.08. The van der Waals surface area contributed by atoms with E-state index < -0.39 is 10.0 Å². The highest BCUT2D eigenvalue weighted by molar-refractivity contribution is 7.88. The molecule has 140 valence electrons. The summed E-state index contributed by atoms with van der Waals surface area (Å²) >= 11 is 0. The van der Waals surface area contributed by atoms with Crippen LogP contribution in [0.4, 0.5) is 5.69 Å². The first-order valence-electron chi connectivity index (χ1n) is 8.72. The van der Waals surface area contributed by atoms with Gasteiger partial charge in [-0.25, -0.2) is 12.7 Å². The number of anilines is 1. The Morgan fingerprint density at radius 1 is 1.24 bits per heavy atom. The second-order valence-corrected chi connectivity index (χ2v) is 8.86. The van der Waals surface area contributed by atoms with Gasteiger partial charge in [-0.3, -0.25) is 4.79 Å². The Morgan fingerprint density at radius 2 is 1.88 bits per heavy atom. The number of rotatable bonds is 6. The number of hydrogen-bond donors (Lipinski definition) is 0. The summed E-state index contributed by atoms with van der Waals surface area (Å²) in [6.07, 6.45) is 2.70. The van der Waals surface area contributed by atoms with Crippen LogP contribution in [0.15, 0.2) is 24.3 Å². The third-order valence-corrected chi connectivity index (χ3v) is 5.99. The molecule has 1 amide bonds. The number of amides is 1.